The second-order valence-electron chi connectivity index (χ2n) is 7.66. The Balaban J connectivity index is 1.65. The van der Waals surface area contributed by atoms with E-state index in [1.807, 2.05) is 30.3 Å². The van der Waals surface area contributed by atoms with E-state index in [2.05, 4.69) is 18.7 Å². The minimum Gasteiger partial charge on any atom is -0.302 e. The first-order valence-corrected chi connectivity index (χ1v) is 8.37. The summed E-state index contributed by atoms with van der Waals surface area (Å²) in [6, 6.07) is 9.76. The van der Waals surface area contributed by atoms with Crippen LogP contribution in [0.25, 0.3) is 0 Å². The van der Waals surface area contributed by atoms with E-state index < -0.39 is 0 Å². The number of benzene rings is 1. The molecule has 2 nitrogen and oxygen atoms in total. The van der Waals surface area contributed by atoms with Crippen LogP contribution in [-0.2, 0) is 0 Å². The number of ketones is 1. The lowest BCUT2D eigenvalue weighted by Gasteiger charge is -2.32. The lowest BCUT2D eigenvalue weighted by molar-refractivity contribution is 0.0754. The third-order valence-electron chi connectivity index (χ3n) is 4.70. The molecule has 0 spiro atoms. The zero-order chi connectivity index (χ0) is 14.9. The molecular formula is C19H27NO. The maximum atomic E-state index is 12.8. The van der Waals surface area contributed by atoms with Gasteiger partial charge in [0.05, 0.1) is 0 Å². The van der Waals surface area contributed by atoms with Crippen LogP contribution in [0.2, 0.25) is 0 Å². The van der Waals surface area contributed by atoms with E-state index in [-0.39, 0.29) is 11.2 Å². The Morgan fingerprint density at radius 2 is 1.57 bits per heavy atom. The summed E-state index contributed by atoms with van der Waals surface area (Å²) in [5.41, 5.74) is 0.547. The van der Waals surface area contributed by atoms with Crippen molar-refractivity contribution in [2.24, 2.45) is 17.3 Å². The molecule has 0 unspecified atom stereocenters. The summed E-state index contributed by atoms with van der Waals surface area (Å²) >= 11 is 0. The van der Waals surface area contributed by atoms with Gasteiger partial charge in [0.25, 0.3) is 0 Å². The summed E-state index contributed by atoms with van der Waals surface area (Å²) in [4.78, 5) is 15.3. The number of carbonyl (C=O) groups is 1. The topological polar surface area (TPSA) is 20.3 Å². The van der Waals surface area contributed by atoms with Crippen LogP contribution in [0.5, 0.6) is 0 Å². The van der Waals surface area contributed by atoms with E-state index in [1.54, 1.807) is 0 Å². The number of carbonyl (C=O) groups excluding carboxylic acids is 1. The molecule has 0 amide bonds. The first kappa shape index (κ1) is 14.8. The van der Waals surface area contributed by atoms with Crippen LogP contribution in [0.3, 0.4) is 0 Å². The van der Waals surface area contributed by atoms with Gasteiger partial charge in [-0.25, -0.2) is 0 Å². The van der Waals surface area contributed by atoms with E-state index in [0.29, 0.717) is 0 Å². The molecule has 1 aromatic carbocycles. The first-order chi connectivity index (χ1) is 10.0. The quantitative estimate of drug-likeness (QED) is 0.672. The third-order valence-corrected chi connectivity index (χ3v) is 4.70. The molecule has 114 valence electrons. The fourth-order valence-electron chi connectivity index (χ4n) is 3.15. The summed E-state index contributed by atoms with van der Waals surface area (Å²) in [6.45, 7) is 7.50. The van der Waals surface area contributed by atoms with Gasteiger partial charge < -0.3 is 4.90 Å². The van der Waals surface area contributed by atoms with Crippen molar-refractivity contribution >= 4 is 5.78 Å². The van der Waals surface area contributed by atoms with Crippen LogP contribution in [0.1, 0.15) is 49.9 Å². The van der Waals surface area contributed by atoms with Crippen molar-refractivity contribution in [1.29, 1.82) is 0 Å². The Labute approximate surface area is 128 Å². The van der Waals surface area contributed by atoms with Gasteiger partial charge in [-0.1, -0.05) is 44.2 Å². The number of Topliss-reactive ketones (excluding diaryl/α,β-unsaturated/α-hetero) is 1. The van der Waals surface area contributed by atoms with Gasteiger partial charge in [-0.05, 0) is 37.5 Å². The molecule has 0 atom stereocenters. The van der Waals surface area contributed by atoms with Crippen molar-refractivity contribution in [3.05, 3.63) is 35.9 Å². The lowest BCUT2D eigenvalue weighted by atomic mass is 9.83. The van der Waals surface area contributed by atoms with E-state index in [4.69, 9.17) is 0 Å². The van der Waals surface area contributed by atoms with Crippen molar-refractivity contribution < 1.29 is 4.79 Å². The SMILES string of the molecule is CC(C)(CN(CC1CC1)CC1CC1)C(=O)c1ccccc1. The Kier molecular flexibility index (Phi) is 4.17. The number of hydrogen-bond donors (Lipinski definition) is 0. The third kappa shape index (κ3) is 4.16. The van der Waals surface area contributed by atoms with Gasteiger partial charge in [0.1, 0.15) is 0 Å². The second-order valence-corrected chi connectivity index (χ2v) is 7.66. The van der Waals surface area contributed by atoms with E-state index in [9.17, 15) is 4.79 Å². The molecule has 0 heterocycles. The fourth-order valence-corrected chi connectivity index (χ4v) is 3.15. The molecule has 3 rings (SSSR count). The van der Waals surface area contributed by atoms with Gasteiger partial charge in [-0.3, -0.25) is 4.79 Å². The van der Waals surface area contributed by atoms with Crippen LogP contribution in [-0.4, -0.2) is 30.3 Å². The van der Waals surface area contributed by atoms with E-state index in [1.165, 1.54) is 38.8 Å². The highest BCUT2D eigenvalue weighted by atomic mass is 16.1. The predicted octanol–water partition coefficient (Wildman–Crippen LogP) is 4.02. The highest BCUT2D eigenvalue weighted by Gasteiger charge is 2.35. The Morgan fingerprint density at radius 1 is 1.05 bits per heavy atom. The molecule has 0 aromatic heterocycles. The molecular weight excluding hydrogens is 258 g/mol. The number of nitrogens with zero attached hydrogens (tertiary/aromatic N) is 1. The fraction of sp³-hybridized carbons (Fsp3) is 0.632. The van der Waals surface area contributed by atoms with E-state index >= 15 is 0 Å². The maximum absolute atomic E-state index is 12.8. The van der Waals surface area contributed by atoms with Gasteiger partial charge in [0, 0.05) is 30.6 Å². The summed E-state index contributed by atoms with van der Waals surface area (Å²) in [5, 5.41) is 0. The zero-order valence-electron chi connectivity index (χ0n) is 13.3. The molecule has 2 heteroatoms. The normalized spacial score (nSPS) is 19.0. The van der Waals surface area contributed by atoms with Gasteiger partial charge >= 0.3 is 0 Å². The Hall–Kier alpha value is -1.15. The monoisotopic (exact) mass is 285 g/mol. The average Bonchev–Trinajstić information content (AvgIpc) is 3.35. The average molecular weight is 285 g/mol. The van der Waals surface area contributed by atoms with Gasteiger partial charge in [-0.2, -0.15) is 0 Å². The molecule has 21 heavy (non-hydrogen) atoms. The molecule has 0 radical (unpaired) electrons. The molecule has 2 saturated carbocycles. The van der Waals surface area contributed by atoms with Crippen molar-refractivity contribution in [3.8, 4) is 0 Å². The maximum Gasteiger partial charge on any atom is 0.169 e. The summed E-state index contributed by atoms with van der Waals surface area (Å²) in [5.74, 6) is 2.07. The molecule has 0 bridgehead atoms. The van der Waals surface area contributed by atoms with Crippen LogP contribution >= 0.6 is 0 Å². The highest BCUT2D eigenvalue weighted by molar-refractivity contribution is 6.00. The van der Waals surface area contributed by atoms with Crippen molar-refractivity contribution in [2.75, 3.05) is 19.6 Å². The minimum absolute atomic E-state index is 0.277. The molecule has 1 aromatic rings. The molecule has 0 saturated heterocycles. The predicted molar refractivity (Wildman–Crippen MR) is 86.4 cm³/mol. The molecule has 2 aliphatic rings. The highest BCUT2D eigenvalue weighted by Crippen LogP contribution is 2.35. The van der Waals surface area contributed by atoms with Crippen LogP contribution in [0.15, 0.2) is 30.3 Å². The van der Waals surface area contributed by atoms with Crippen LogP contribution in [0, 0.1) is 17.3 Å². The Bertz CT molecular complexity index is 472. The smallest absolute Gasteiger partial charge is 0.169 e. The van der Waals surface area contributed by atoms with Gasteiger partial charge in [0.2, 0.25) is 0 Å². The first-order valence-electron chi connectivity index (χ1n) is 8.37. The van der Waals surface area contributed by atoms with Gasteiger partial charge in [0.15, 0.2) is 5.78 Å². The van der Waals surface area contributed by atoms with Crippen LogP contribution in [0.4, 0.5) is 0 Å². The second kappa shape index (κ2) is 5.92. The minimum atomic E-state index is -0.300. The lowest BCUT2D eigenvalue weighted by Crippen LogP contribution is -2.41. The standard InChI is InChI=1S/C19H27NO/c1-19(2,18(21)17-6-4-3-5-7-17)14-20(12-15-8-9-15)13-16-10-11-16/h3-7,15-16H,8-14H2,1-2H3. The molecule has 0 N–H and O–H groups in total. The van der Waals surface area contributed by atoms with Crippen molar-refractivity contribution in [1.82, 2.24) is 4.90 Å². The number of hydrogen-bond acceptors (Lipinski definition) is 2. The largest absolute Gasteiger partial charge is 0.302 e. The summed E-state index contributed by atoms with van der Waals surface area (Å²) < 4.78 is 0. The Morgan fingerprint density at radius 3 is 2.05 bits per heavy atom. The van der Waals surface area contributed by atoms with Crippen LogP contribution < -0.4 is 0 Å². The van der Waals surface area contributed by atoms with Crippen molar-refractivity contribution in [2.45, 2.75) is 39.5 Å². The number of rotatable bonds is 8. The summed E-state index contributed by atoms with van der Waals surface area (Å²) in [6.07, 6.45) is 5.53. The van der Waals surface area contributed by atoms with E-state index in [0.717, 1.165) is 23.9 Å². The summed E-state index contributed by atoms with van der Waals surface area (Å²) in [7, 11) is 0. The van der Waals surface area contributed by atoms with Crippen molar-refractivity contribution in [3.63, 3.8) is 0 Å². The van der Waals surface area contributed by atoms with Gasteiger partial charge in [-0.15, -0.1) is 0 Å². The molecule has 2 fully saturated rings. The zero-order valence-corrected chi connectivity index (χ0v) is 13.3. The molecule has 2 aliphatic carbocycles. The molecule has 0 aliphatic heterocycles.